The number of carbonyl (C=O) groups is 3. The summed E-state index contributed by atoms with van der Waals surface area (Å²) in [7, 11) is 0. The van der Waals surface area contributed by atoms with Crippen molar-refractivity contribution < 1.29 is 29.3 Å². The molecule has 190 valence electrons. The molecule has 1 aromatic carbocycles. The zero-order valence-electron chi connectivity index (χ0n) is 20.4. The van der Waals surface area contributed by atoms with E-state index in [-0.39, 0.29) is 11.9 Å². The molecule has 1 aromatic heterocycles. The van der Waals surface area contributed by atoms with Crippen LogP contribution < -0.4 is 10.1 Å². The number of ether oxygens (including phenoxy) is 1. The van der Waals surface area contributed by atoms with Gasteiger partial charge >= 0.3 is 11.9 Å². The molecule has 2 atom stereocenters. The SMILES string of the molecule is CCC(C)CNCC(=O)N1CCc2sccc2C1COc1cccc(C)c1.O=C(O)/C=C/C(=O)O. The van der Waals surface area contributed by atoms with Gasteiger partial charge in [0.15, 0.2) is 0 Å². The van der Waals surface area contributed by atoms with Gasteiger partial charge in [0, 0.05) is 23.6 Å². The van der Waals surface area contributed by atoms with Gasteiger partial charge in [0.1, 0.15) is 12.4 Å². The molecule has 0 bridgehead atoms. The van der Waals surface area contributed by atoms with E-state index in [4.69, 9.17) is 14.9 Å². The number of hydrogen-bond acceptors (Lipinski definition) is 6. The van der Waals surface area contributed by atoms with Gasteiger partial charge < -0.3 is 25.2 Å². The van der Waals surface area contributed by atoms with Crippen LogP contribution in [0.4, 0.5) is 0 Å². The van der Waals surface area contributed by atoms with Gasteiger partial charge in [-0.25, -0.2) is 9.59 Å². The Balaban J connectivity index is 0.000000466. The van der Waals surface area contributed by atoms with Crippen molar-refractivity contribution in [2.45, 2.75) is 39.7 Å². The van der Waals surface area contributed by atoms with Crippen LogP contribution in [0.15, 0.2) is 47.9 Å². The highest BCUT2D eigenvalue weighted by Gasteiger charge is 2.32. The standard InChI is InChI=1S/C22H30N2O2S.C4H4O4/c1-4-16(2)13-23-14-22(25)24-10-8-21-19(9-11-27-21)20(24)15-26-18-7-5-6-17(3)12-18;5-3(6)1-2-4(7)8/h5-7,9,11-12,16,20,23H,4,8,10,13-15H2,1-3H3;1-2H,(H,5,6)(H,7,8)/b;2-1+. The van der Waals surface area contributed by atoms with Crippen LogP contribution >= 0.6 is 11.3 Å². The fourth-order valence-electron chi connectivity index (χ4n) is 3.57. The van der Waals surface area contributed by atoms with Gasteiger partial charge in [-0.2, -0.15) is 0 Å². The molecule has 0 saturated heterocycles. The van der Waals surface area contributed by atoms with Gasteiger partial charge in [-0.3, -0.25) is 4.79 Å². The summed E-state index contributed by atoms with van der Waals surface area (Å²) < 4.78 is 6.08. The number of carbonyl (C=O) groups excluding carboxylic acids is 1. The Hall–Kier alpha value is -3.17. The Kier molecular flexibility index (Phi) is 11.5. The molecule has 3 N–H and O–H groups in total. The highest BCUT2D eigenvalue weighted by molar-refractivity contribution is 7.10. The minimum absolute atomic E-state index is 0.0154. The Morgan fingerprint density at radius 1 is 1.23 bits per heavy atom. The van der Waals surface area contributed by atoms with Crippen LogP contribution in [0.3, 0.4) is 0 Å². The van der Waals surface area contributed by atoms with Crippen LogP contribution in [0.5, 0.6) is 5.75 Å². The smallest absolute Gasteiger partial charge is 0.328 e. The fraction of sp³-hybridized carbons (Fsp3) is 0.423. The van der Waals surface area contributed by atoms with Crippen LogP contribution in [-0.4, -0.2) is 59.2 Å². The molecule has 0 aliphatic carbocycles. The molecule has 1 aliphatic heterocycles. The molecule has 35 heavy (non-hydrogen) atoms. The van der Waals surface area contributed by atoms with Crippen molar-refractivity contribution in [3.8, 4) is 5.75 Å². The molecule has 8 nitrogen and oxygen atoms in total. The Bertz CT molecular complexity index is 1000. The molecule has 0 radical (unpaired) electrons. The molecule has 0 fully saturated rings. The summed E-state index contributed by atoms with van der Waals surface area (Å²) >= 11 is 1.78. The predicted octanol–water partition coefficient (Wildman–Crippen LogP) is 3.91. The second-order valence-electron chi connectivity index (χ2n) is 8.43. The van der Waals surface area contributed by atoms with E-state index >= 15 is 0 Å². The number of nitrogens with one attached hydrogen (secondary N) is 1. The van der Waals surface area contributed by atoms with Crippen LogP contribution in [0.2, 0.25) is 0 Å². The zero-order valence-corrected chi connectivity index (χ0v) is 21.2. The van der Waals surface area contributed by atoms with Gasteiger partial charge in [0.2, 0.25) is 5.91 Å². The summed E-state index contributed by atoms with van der Waals surface area (Å²) in [5.41, 5.74) is 2.42. The summed E-state index contributed by atoms with van der Waals surface area (Å²) in [6.45, 7) is 8.96. The van der Waals surface area contributed by atoms with E-state index in [2.05, 4.69) is 43.6 Å². The lowest BCUT2D eigenvalue weighted by Gasteiger charge is -2.36. The molecule has 0 saturated carbocycles. The van der Waals surface area contributed by atoms with Crippen molar-refractivity contribution in [2.75, 3.05) is 26.2 Å². The van der Waals surface area contributed by atoms with Gasteiger partial charge in [-0.1, -0.05) is 32.4 Å². The largest absolute Gasteiger partial charge is 0.491 e. The minimum atomic E-state index is -1.26. The first-order valence-corrected chi connectivity index (χ1v) is 12.5. The number of carboxylic acids is 2. The molecule has 1 amide bonds. The second-order valence-corrected chi connectivity index (χ2v) is 9.43. The topological polar surface area (TPSA) is 116 Å². The van der Waals surface area contributed by atoms with E-state index in [0.717, 1.165) is 31.7 Å². The van der Waals surface area contributed by atoms with Crippen molar-refractivity contribution in [3.05, 3.63) is 63.9 Å². The Morgan fingerprint density at radius 3 is 2.57 bits per heavy atom. The Morgan fingerprint density at radius 2 is 1.94 bits per heavy atom. The molecule has 2 unspecified atom stereocenters. The average molecular weight is 503 g/mol. The van der Waals surface area contributed by atoms with E-state index < -0.39 is 11.9 Å². The number of carboxylic acid groups (broad SMARTS) is 2. The van der Waals surface area contributed by atoms with Gasteiger partial charge in [0.25, 0.3) is 0 Å². The summed E-state index contributed by atoms with van der Waals surface area (Å²) in [6.07, 6.45) is 3.17. The molecule has 2 aromatic rings. The van der Waals surface area contributed by atoms with Crippen molar-refractivity contribution in [1.82, 2.24) is 10.2 Å². The maximum Gasteiger partial charge on any atom is 0.328 e. The molecule has 3 rings (SSSR count). The van der Waals surface area contributed by atoms with Gasteiger partial charge in [0.05, 0.1) is 12.6 Å². The maximum absolute atomic E-state index is 12.9. The van der Waals surface area contributed by atoms with Crippen LogP contribution in [0.25, 0.3) is 0 Å². The lowest BCUT2D eigenvalue weighted by molar-refractivity contribution is -0.134. The van der Waals surface area contributed by atoms with Crippen LogP contribution in [0.1, 0.15) is 42.3 Å². The average Bonchev–Trinajstić information content (AvgIpc) is 3.30. The summed E-state index contributed by atoms with van der Waals surface area (Å²) in [5, 5.41) is 21.1. The predicted molar refractivity (Wildman–Crippen MR) is 136 cm³/mol. The molecule has 9 heteroatoms. The van der Waals surface area contributed by atoms with Crippen molar-refractivity contribution in [3.63, 3.8) is 0 Å². The number of rotatable bonds is 10. The number of aliphatic carboxylic acids is 2. The molecule has 1 aliphatic rings. The zero-order chi connectivity index (χ0) is 25.8. The summed E-state index contributed by atoms with van der Waals surface area (Å²) in [5.74, 6) is -0.907. The minimum Gasteiger partial charge on any atom is -0.491 e. The Labute approximate surface area is 210 Å². The number of fused-ring (bicyclic) bond motifs is 1. The third kappa shape index (κ3) is 9.54. The highest BCUT2D eigenvalue weighted by atomic mass is 32.1. The summed E-state index contributed by atoms with van der Waals surface area (Å²) in [6, 6.07) is 10.2. The number of nitrogens with zero attached hydrogens (tertiary/aromatic N) is 1. The van der Waals surface area contributed by atoms with Crippen molar-refractivity contribution in [2.24, 2.45) is 5.92 Å². The van der Waals surface area contributed by atoms with Crippen LogP contribution in [-0.2, 0) is 20.8 Å². The number of benzene rings is 1. The molecule has 2 heterocycles. The maximum atomic E-state index is 12.9. The van der Waals surface area contributed by atoms with Crippen LogP contribution in [0, 0.1) is 12.8 Å². The lowest BCUT2D eigenvalue weighted by Crippen LogP contribution is -2.46. The fourth-order valence-corrected chi connectivity index (χ4v) is 4.50. The molecular formula is C26H34N2O6S. The molecular weight excluding hydrogens is 468 g/mol. The number of aryl methyl sites for hydroxylation is 1. The quantitative estimate of drug-likeness (QED) is 0.422. The van der Waals surface area contributed by atoms with Gasteiger partial charge in [-0.05, 0) is 60.5 Å². The third-order valence-corrected chi connectivity index (χ3v) is 6.64. The second kappa shape index (κ2) is 14.3. The first-order valence-electron chi connectivity index (χ1n) is 11.6. The first-order chi connectivity index (χ1) is 16.7. The number of hydrogen-bond donors (Lipinski definition) is 3. The number of thiophene rings is 1. The van der Waals surface area contributed by atoms with E-state index in [0.29, 0.717) is 31.2 Å². The first kappa shape index (κ1) is 28.1. The van der Waals surface area contributed by atoms with E-state index in [1.165, 1.54) is 16.0 Å². The van der Waals surface area contributed by atoms with E-state index in [9.17, 15) is 14.4 Å². The van der Waals surface area contributed by atoms with Gasteiger partial charge in [-0.15, -0.1) is 11.3 Å². The summed E-state index contributed by atoms with van der Waals surface area (Å²) in [4.78, 5) is 35.4. The third-order valence-electron chi connectivity index (χ3n) is 5.65. The highest BCUT2D eigenvalue weighted by Crippen LogP contribution is 2.33. The number of amides is 1. The monoisotopic (exact) mass is 502 g/mol. The molecule has 0 spiro atoms. The van der Waals surface area contributed by atoms with E-state index in [1.807, 2.05) is 23.1 Å². The van der Waals surface area contributed by atoms with E-state index in [1.54, 1.807) is 11.3 Å². The normalized spacial score (nSPS) is 15.6. The lowest BCUT2D eigenvalue weighted by atomic mass is 10.0. The van der Waals surface area contributed by atoms with Crippen molar-refractivity contribution in [1.29, 1.82) is 0 Å². The van der Waals surface area contributed by atoms with Crippen molar-refractivity contribution >= 4 is 29.2 Å².